The largest absolute Gasteiger partial charge is 0.376 e. The topological polar surface area (TPSA) is 9.23 Å². The van der Waals surface area contributed by atoms with E-state index in [0.717, 1.165) is 0 Å². The Morgan fingerprint density at radius 1 is 1.60 bits per heavy atom. The maximum Gasteiger partial charge on any atom is 0.335 e. The molecule has 0 spiro atoms. The summed E-state index contributed by atoms with van der Waals surface area (Å²) in [7, 11) is 0.123. The van der Waals surface area contributed by atoms with E-state index in [1.54, 1.807) is 0 Å². The average molecular weight is 98.1 g/mol. The van der Waals surface area contributed by atoms with Crippen LogP contribution >= 0.6 is 0 Å². The van der Waals surface area contributed by atoms with Crippen molar-refractivity contribution in [1.29, 1.82) is 0 Å². The highest BCUT2D eigenvalue weighted by Crippen LogP contribution is 1.86. The first-order valence-corrected chi connectivity index (χ1v) is 1.90. The summed E-state index contributed by atoms with van der Waals surface area (Å²) in [6.07, 6.45) is 0. The Balaban J connectivity index is 2.54. The third kappa shape index (κ3) is 4.04. The van der Waals surface area contributed by atoms with Gasteiger partial charge in [0, 0.05) is 0 Å². The minimum absolute atomic E-state index is 0.123. The Morgan fingerprint density at radius 2 is 1.80 bits per heavy atom. The summed E-state index contributed by atoms with van der Waals surface area (Å²) >= 11 is 0. The normalized spacial score (nSPS) is 10.2. The van der Waals surface area contributed by atoms with Gasteiger partial charge in [-0.3, -0.25) is 0 Å². The van der Waals surface area contributed by atoms with Crippen molar-refractivity contribution in [2.24, 2.45) is 0 Å². The number of rotatable bonds is 1. The van der Waals surface area contributed by atoms with Crippen LogP contribution in [0, 0.1) is 0 Å². The lowest BCUT2D eigenvalue weighted by Gasteiger charge is -1.86. The van der Waals surface area contributed by atoms with E-state index in [0.29, 0.717) is 0 Å². The van der Waals surface area contributed by atoms with Crippen LogP contribution in [-0.2, 0) is 4.43 Å². The molecule has 0 aromatic heterocycles. The van der Waals surface area contributed by atoms with E-state index < -0.39 is 6.61 Å². The smallest absolute Gasteiger partial charge is 0.335 e. The van der Waals surface area contributed by atoms with Gasteiger partial charge in [0.15, 0.2) is 10.5 Å². The van der Waals surface area contributed by atoms with Crippen LogP contribution in [0.5, 0.6) is 0 Å². The molecule has 0 saturated heterocycles. The molecule has 0 radical (unpaired) electrons. The molecule has 5 heavy (non-hydrogen) atoms. The third-order valence-electron chi connectivity index (χ3n) is 0.178. The van der Waals surface area contributed by atoms with Crippen LogP contribution in [0.25, 0.3) is 0 Å². The van der Waals surface area contributed by atoms with E-state index in [2.05, 4.69) is 4.43 Å². The van der Waals surface area contributed by atoms with Crippen LogP contribution in [0.1, 0.15) is 0 Å². The summed E-state index contributed by atoms with van der Waals surface area (Å²) in [5.74, 6) is 0. The second-order valence-electron chi connectivity index (χ2n) is 0.496. The first-order chi connectivity index (χ1) is 2.27. The summed E-state index contributed by atoms with van der Waals surface area (Å²) in [4.78, 5) is 0. The van der Waals surface area contributed by atoms with Crippen molar-refractivity contribution in [3.05, 3.63) is 0 Å². The fourth-order valence-electron chi connectivity index (χ4n) is 0. The first-order valence-electron chi connectivity index (χ1n) is 1.08. The third-order valence-corrected chi connectivity index (χ3v) is 0.535. The maximum absolute atomic E-state index is 10.6. The van der Waals surface area contributed by atoms with E-state index in [1.807, 2.05) is 0 Å². The number of halogens is 2. The van der Waals surface area contributed by atoms with Crippen molar-refractivity contribution in [3.8, 4) is 0 Å². The second kappa shape index (κ2) is 2.28. The van der Waals surface area contributed by atoms with Gasteiger partial charge in [0.1, 0.15) is 0 Å². The Labute approximate surface area is 31.5 Å². The monoisotopic (exact) mass is 98.0 g/mol. The molecule has 0 heterocycles. The standard InChI is InChI=1S/CH4F2OSi/c2-1(3)4-5/h1H,5H3. The molecule has 0 aliphatic heterocycles. The molecular formula is CH4F2OSi. The van der Waals surface area contributed by atoms with Crippen LogP contribution in [0.3, 0.4) is 0 Å². The van der Waals surface area contributed by atoms with Crippen LogP contribution in [0.4, 0.5) is 8.78 Å². The minimum Gasteiger partial charge on any atom is -0.376 e. The van der Waals surface area contributed by atoms with E-state index in [-0.39, 0.29) is 10.5 Å². The highest BCUT2D eigenvalue weighted by molar-refractivity contribution is 5.97. The van der Waals surface area contributed by atoms with Crippen molar-refractivity contribution < 1.29 is 13.2 Å². The van der Waals surface area contributed by atoms with Crippen molar-refractivity contribution in [3.63, 3.8) is 0 Å². The van der Waals surface area contributed by atoms with Gasteiger partial charge in [-0.2, -0.15) is 8.78 Å². The predicted octanol–water partition coefficient (Wildman–Crippen LogP) is -0.494. The number of hydrogen-bond donors (Lipinski definition) is 0. The van der Waals surface area contributed by atoms with Gasteiger partial charge >= 0.3 is 6.61 Å². The summed E-state index contributed by atoms with van der Waals surface area (Å²) in [5.41, 5.74) is 0. The summed E-state index contributed by atoms with van der Waals surface area (Å²) in [5, 5.41) is 0. The van der Waals surface area contributed by atoms with Gasteiger partial charge in [-0.25, -0.2) is 0 Å². The van der Waals surface area contributed by atoms with Crippen molar-refractivity contribution >= 4 is 10.5 Å². The second-order valence-corrected chi connectivity index (χ2v) is 0.968. The quantitative estimate of drug-likeness (QED) is 0.402. The fourth-order valence-corrected chi connectivity index (χ4v) is 0. The zero-order chi connectivity index (χ0) is 4.28. The van der Waals surface area contributed by atoms with Crippen LogP contribution in [0.15, 0.2) is 0 Å². The van der Waals surface area contributed by atoms with Crippen molar-refractivity contribution in [1.82, 2.24) is 0 Å². The molecule has 0 aromatic rings. The molecule has 32 valence electrons. The van der Waals surface area contributed by atoms with E-state index in [4.69, 9.17) is 0 Å². The average Bonchev–Trinajstić information content (AvgIpc) is 1.38. The molecule has 0 N–H and O–H groups in total. The van der Waals surface area contributed by atoms with Crippen LogP contribution in [-0.4, -0.2) is 17.1 Å². The van der Waals surface area contributed by atoms with Crippen LogP contribution in [0.2, 0.25) is 0 Å². The lowest BCUT2D eigenvalue weighted by molar-refractivity contribution is -0.0445. The predicted molar refractivity (Wildman–Crippen MR) is 17.0 cm³/mol. The van der Waals surface area contributed by atoms with Crippen molar-refractivity contribution in [2.45, 2.75) is 6.61 Å². The zero-order valence-electron chi connectivity index (χ0n) is 2.74. The number of hydrogen-bond acceptors (Lipinski definition) is 1. The lowest BCUT2D eigenvalue weighted by atomic mass is 11.5. The minimum atomic E-state index is -2.55. The van der Waals surface area contributed by atoms with Gasteiger partial charge < -0.3 is 4.43 Å². The number of alkyl halides is 2. The summed E-state index contributed by atoms with van der Waals surface area (Å²) < 4.78 is 24.7. The molecule has 0 saturated carbocycles. The fraction of sp³-hybridized carbons (Fsp3) is 1.00. The van der Waals surface area contributed by atoms with Gasteiger partial charge in [0.25, 0.3) is 0 Å². The zero-order valence-corrected chi connectivity index (χ0v) is 4.74. The Hall–Kier alpha value is 0.0369. The molecule has 0 rings (SSSR count). The van der Waals surface area contributed by atoms with E-state index >= 15 is 0 Å². The molecule has 0 aromatic carbocycles. The molecular weight excluding hydrogens is 94.1 g/mol. The highest BCUT2D eigenvalue weighted by atomic mass is 28.2. The summed E-state index contributed by atoms with van der Waals surface area (Å²) in [6.45, 7) is -2.55. The van der Waals surface area contributed by atoms with Crippen molar-refractivity contribution in [2.75, 3.05) is 0 Å². The molecule has 4 heteroatoms. The highest BCUT2D eigenvalue weighted by Gasteiger charge is 1.89. The molecule has 0 amide bonds. The SMILES string of the molecule is FC(F)O[SiH3]. The van der Waals surface area contributed by atoms with Gasteiger partial charge in [-0.05, 0) is 0 Å². The first kappa shape index (κ1) is 5.04. The van der Waals surface area contributed by atoms with Gasteiger partial charge in [-0.1, -0.05) is 0 Å². The van der Waals surface area contributed by atoms with Gasteiger partial charge in [0.05, 0.1) is 0 Å². The van der Waals surface area contributed by atoms with Crippen LogP contribution < -0.4 is 0 Å². The maximum atomic E-state index is 10.6. The van der Waals surface area contributed by atoms with Gasteiger partial charge in [-0.15, -0.1) is 0 Å². The molecule has 0 atom stereocenters. The molecule has 0 fully saturated rings. The Bertz CT molecular complexity index is 23.6. The Morgan fingerprint density at radius 3 is 1.80 bits per heavy atom. The lowest BCUT2D eigenvalue weighted by Crippen LogP contribution is -1.91. The molecule has 0 aliphatic carbocycles. The molecule has 0 bridgehead atoms. The van der Waals surface area contributed by atoms with Gasteiger partial charge in [0.2, 0.25) is 0 Å². The molecule has 0 aliphatic rings. The Kier molecular flexibility index (Phi) is 2.30. The van der Waals surface area contributed by atoms with E-state index in [9.17, 15) is 8.78 Å². The molecule has 0 unspecified atom stereocenters. The summed E-state index contributed by atoms with van der Waals surface area (Å²) in [6, 6.07) is 0. The molecule has 1 nitrogen and oxygen atoms in total. The van der Waals surface area contributed by atoms with E-state index in [1.165, 1.54) is 0 Å².